The van der Waals surface area contributed by atoms with Crippen molar-refractivity contribution >= 4 is 39.9 Å². The molecule has 2 aromatic carbocycles. The molecule has 4 rings (SSSR count). The number of hydrogen-bond acceptors (Lipinski definition) is 4. The zero-order valence-electron chi connectivity index (χ0n) is 14.8. The predicted octanol–water partition coefficient (Wildman–Crippen LogP) is 6.02. The third-order valence-electron chi connectivity index (χ3n) is 4.50. The number of aryl methyl sites for hydroxylation is 1. The van der Waals surface area contributed by atoms with Crippen LogP contribution in [0.3, 0.4) is 0 Å². The van der Waals surface area contributed by atoms with Gasteiger partial charge < -0.3 is 5.32 Å². The molecule has 6 heteroatoms. The SMILES string of the molecule is CNc1nc(-c2cccnc2)nc2c(C)c(-c3ccc(Cl)cc3Cl)ccc12. The molecule has 0 unspecified atom stereocenters. The summed E-state index contributed by atoms with van der Waals surface area (Å²) in [5, 5.41) is 5.35. The first kappa shape index (κ1) is 17.7. The van der Waals surface area contributed by atoms with E-state index in [1.807, 2.05) is 50.4 Å². The molecule has 0 aliphatic carbocycles. The van der Waals surface area contributed by atoms with Crippen molar-refractivity contribution in [3.63, 3.8) is 0 Å². The third kappa shape index (κ3) is 3.22. The number of fused-ring (bicyclic) bond motifs is 1. The number of anilines is 1. The largest absolute Gasteiger partial charge is 0.373 e. The van der Waals surface area contributed by atoms with E-state index >= 15 is 0 Å². The van der Waals surface area contributed by atoms with Crippen LogP contribution >= 0.6 is 23.2 Å². The van der Waals surface area contributed by atoms with Crippen LogP contribution in [0, 0.1) is 6.92 Å². The van der Waals surface area contributed by atoms with Crippen LogP contribution in [0.15, 0.2) is 54.9 Å². The van der Waals surface area contributed by atoms with E-state index in [4.69, 9.17) is 28.2 Å². The van der Waals surface area contributed by atoms with E-state index in [1.165, 1.54) is 0 Å². The lowest BCUT2D eigenvalue weighted by Gasteiger charge is -2.14. The van der Waals surface area contributed by atoms with Gasteiger partial charge in [-0.1, -0.05) is 35.3 Å². The minimum Gasteiger partial charge on any atom is -0.373 e. The van der Waals surface area contributed by atoms with Gasteiger partial charge in [0.2, 0.25) is 0 Å². The molecule has 1 N–H and O–H groups in total. The maximum absolute atomic E-state index is 6.44. The summed E-state index contributed by atoms with van der Waals surface area (Å²) in [6.07, 6.45) is 3.49. The number of hydrogen-bond donors (Lipinski definition) is 1. The molecule has 0 aliphatic rings. The summed E-state index contributed by atoms with van der Waals surface area (Å²) in [6, 6.07) is 13.4. The first-order valence-electron chi connectivity index (χ1n) is 8.43. The Morgan fingerprint density at radius 3 is 2.48 bits per heavy atom. The minimum atomic E-state index is 0.611. The fourth-order valence-electron chi connectivity index (χ4n) is 3.15. The van der Waals surface area contributed by atoms with Crippen LogP contribution in [0.4, 0.5) is 5.82 Å². The second-order valence-electron chi connectivity index (χ2n) is 6.15. The van der Waals surface area contributed by atoms with Gasteiger partial charge in [-0.3, -0.25) is 4.98 Å². The van der Waals surface area contributed by atoms with Crippen LogP contribution in [0.2, 0.25) is 10.0 Å². The van der Waals surface area contributed by atoms with Crippen molar-refractivity contribution in [3.8, 4) is 22.5 Å². The van der Waals surface area contributed by atoms with Gasteiger partial charge in [-0.2, -0.15) is 0 Å². The van der Waals surface area contributed by atoms with E-state index in [0.29, 0.717) is 15.9 Å². The molecule has 0 saturated heterocycles. The van der Waals surface area contributed by atoms with Crippen LogP contribution in [0.5, 0.6) is 0 Å². The fourth-order valence-corrected chi connectivity index (χ4v) is 3.66. The molecule has 4 nitrogen and oxygen atoms in total. The van der Waals surface area contributed by atoms with Crippen molar-refractivity contribution in [1.82, 2.24) is 15.0 Å². The van der Waals surface area contributed by atoms with Crippen molar-refractivity contribution < 1.29 is 0 Å². The van der Waals surface area contributed by atoms with Crippen molar-refractivity contribution in [2.24, 2.45) is 0 Å². The van der Waals surface area contributed by atoms with Gasteiger partial charge in [0.1, 0.15) is 5.82 Å². The average molecular weight is 395 g/mol. The lowest BCUT2D eigenvalue weighted by molar-refractivity contribution is 1.19. The van der Waals surface area contributed by atoms with Gasteiger partial charge in [0, 0.05) is 46.0 Å². The van der Waals surface area contributed by atoms with Crippen molar-refractivity contribution in [3.05, 3.63) is 70.5 Å². The normalized spacial score (nSPS) is 11.0. The van der Waals surface area contributed by atoms with Gasteiger partial charge in [-0.15, -0.1) is 0 Å². The van der Waals surface area contributed by atoms with E-state index in [2.05, 4.69) is 15.3 Å². The lowest BCUT2D eigenvalue weighted by atomic mass is 9.97. The molecule has 0 radical (unpaired) electrons. The number of nitrogens with zero attached hydrogens (tertiary/aromatic N) is 3. The maximum atomic E-state index is 6.44. The summed E-state index contributed by atoms with van der Waals surface area (Å²) in [5.41, 5.74) is 4.71. The zero-order valence-corrected chi connectivity index (χ0v) is 16.3. The summed E-state index contributed by atoms with van der Waals surface area (Å²) in [7, 11) is 1.86. The van der Waals surface area contributed by atoms with Gasteiger partial charge in [-0.25, -0.2) is 9.97 Å². The summed E-state index contributed by atoms with van der Waals surface area (Å²) >= 11 is 12.5. The Hall–Kier alpha value is -2.69. The first-order valence-corrected chi connectivity index (χ1v) is 9.19. The number of aromatic nitrogens is 3. The topological polar surface area (TPSA) is 50.7 Å². The number of nitrogens with one attached hydrogen (secondary N) is 1. The summed E-state index contributed by atoms with van der Waals surface area (Å²) in [4.78, 5) is 13.7. The monoisotopic (exact) mass is 394 g/mol. The highest BCUT2D eigenvalue weighted by atomic mass is 35.5. The van der Waals surface area contributed by atoms with Gasteiger partial charge in [0.05, 0.1) is 5.52 Å². The van der Waals surface area contributed by atoms with E-state index in [-0.39, 0.29) is 0 Å². The number of rotatable bonds is 3. The molecule has 4 aromatic rings. The van der Waals surface area contributed by atoms with E-state index in [1.54, 1.807) is 18.5 Å². The molecule has 0 fully saturated rings. The predicted molar refractivity (Wildman–Crippen MR) is 113 cm³/mol. The summed E-state index contributed by atoms with van der Waals surface area (Å²) in [5.74, 6) is 1.40. The van der Waals surface area contributed by atoms with Crippen LogP contribution < -0.4 is 5.32 Å². The number of pyridine rings is 1. The molecule has 134 valence electrons. The minimum absolute atomic E-state index is 0.611. The molecule has 2 aromatic heterocycles. The van der Waals surface area contributed by atoms with E-state index in [9.17, 15) is 0 Å². The highest BCUT2D eigenvalue weighted by Crippen LogP contribution is 2.36. The Bertz CT molecular complexity index is 1140. The first-order chi connectivity index (χ1) is 13.1. The van der Waals surface area contributed by atoms with Crippen LogP contribution in [0.1, 0.15) is 5.56 Å². The molecule has 2 heterocycles. The Labute approximate surface area is 167 Å². The average Bonchev–Trinajstić information content (AvgIpc) is 2.69. The van der Waals surface area contributed by atoms with E-state index in [0.717, 1.165) is 39.0 Å². The molecule has 0 spiro atoms. The fraction of sp³-hybridized carbons (Fsp3) is 0.0952. The summed E-state index contributed by atoms with van der Waals surface area (Å²) < 4.78 is 0. The molecule has 0 aliphatic heterocycles. The Balaban J connectivity index is 1.98. The van der Waals surface area contributed by atoms with Crippen LogP contribution in [-0.2, 0) is 0 Å². The zero-order chi connectivity index (χ0) is 19.0. The standard InChI is InChI=1S/C21H16Cl2N4/c1-12-15(16-6-5-14(22)10-18(16)23)7-8-17-19(12)26-20(27-21(17)24-2)13-4-3-9-25-11-13/h3-11H,1-2H3,(H,24,26,27). The molecule has 27 heavy (non-hydrogen) atoms. The van der Waals surface area contributed by atoms with Crippen molar-refractivity contribution in [2.75, 3.05) is 12.4 Å². The molecule has 0 amide bonds. The molecular formula is C21H16Cl2N4. The van der Waals surface area contributed by atoms with Crippen molar-refractivity contribution in [2.45, 2.75) is 6.92 Å². The third-order valence-corrected chi connectivity index (χ3v) is 5.05. The van der Waals surface area contributed by atoms with Gasteiger partial charge in [-0.05, 0) is 48.4 Å². The Kier molecular flexibility index (Phi) is 4.68. The number of benzene rings is 2. The molecular weight excluding hydrogens is 379 g/mol. The second kappa shape index (κ2) is 7.14. The lowest BCUT2D eigenvalue weighted by Crippen LogP contribution is -2.01. The second-order valence-corrected chi connectivity index (χ2v) is 6.99. The highest BCUT2D eigenvalue weighted by Gasteiger charge is 2.15. The quantitative estimate of drug-likeness (QED) is 0.461. The van der Waals surface area contributed by atoms with Gasteiger partial charge in [0.25, 0.3) is 0 Å². The Morgan fingerprint density at radius 2 is 1.78 bits per heavy atom. The van der Waals surface area contributed by atoms with E-state index < -0.39 is 0 Å². The van der Waals surface area contributed by atoms with Crippen LogP contribution in [0.25, 0.3) is 33.4 Å². The van der Waals surface area contributed by atoms with Gasteiger partial charge >= 0.3 is 0 Å². The smallest absolute Gasteiger partial charge is 0.163 e. The maximum Gasteiger partial charge on any atom is 0.163 e. The van der Waals surface area contributed by atoms with Crippen LogP contribution in [-0.4, -0.2) is 22.0 Å². The number of halogens is 2. The van der Waals surface area contributed by atoms with Gasteiger partial charge in [0.15, 0.2) is 5.82 Å². The highest BCUT2D eigenvalue weighted by molar-refractivity contribution is 6.36. The molecule has 0 saturated carbocycles. The molecule has 0 bridgehead atoms. The molecule has 0 atom stereocenters. The van der Waals surface area contributed by atoms with Crippen molar-refractivity contribution in [1.29, 1.82) is 0 Å². The Morgan fingerprint density at radius 1 is 0.963 bits per heavy atom. The summed E-state index contributed by atoms with van der Waals surface area (Å²) in [6.45, 7) is 2.04.